The van der Waals surface area contributed by atoms with Crippen LogP contribution >= 0.6 is 11.3 Å². The van der Waals surface area contributed by atoms with Gasteiger partial charge >= 0.3 is 16.3 Å². The highest BCUT2D eigenvalue weighted by Crippen LogP contribution is 2.31. The first kappa shape index (κ1) is 26.1. The van der Waals surface area contributed by atoms with Crippen LogP contribution in [0.4, 0.5) is 11.5 Å². The Morgan fingerprint density at radius 2 is 1.89 bits per heavy atom. The molecule has 1 atom stereocenters. The van der Waals surface area contributed by atoms with Crippen molar-refractivity contribution in [2.24, 2.45) is 0 Å². The summed E-state index contributed by atoms with van der Waals surface area (Å²) in [6.07, 6.45) is 0.452. The molecule has 2 heterocycles. The lowest BCUT2D eigenvalue weighted by molar-refractivity contribution is -0.139. The molecule has 0 aliphatic rings. The lowest BCUT2D eigenvalue weighted by Crippen LogP contribution is -2.30. The van der Waals surface area contributed by atoms with Crippen LogP contribution in [0.1, 0.15) is 32.7 Å². The molecule has 2 aromatic carbocycles. The van der Waals surface area contributed by atoms with E-state index in [9.17, 15) is 18.0 Å². The van der Waals surface area contributed by atoms with Crippen LogP contribution in [0.5, 0.6) is 0 Å². The number of nitrogens with one attached hydrogen (secondary N) is 4. The molecule has 0 bridgehead atoms. The van der Waals surface area contributed by atoms with E-state index in [1.54, 1.807) is 24.3 Å². The van der Waals surface area contributed by atoms with E-state index in [2.05, 4.69) is 25.3 Å². The summed E-state index contributed by atoms with van der Waals surface area (Å²) in [5.74, 6) is -0.548. The summed E-state index contributed by atoms with van der Waals surface area (Å²) < 4.78 is 37.8. The monoisotopic (exact) mass is 543 g/mol. The number of thiazole rings is 1. The van der Waals surface area contributed by atoms with Gasteiger partial charge in [-0.1, -0.05) is 30.3 Å². The number of amides is 1. The first-order valence-corrected chi connectivity index (χ1v) is 13.4. The topological polar surface area (TPSA) is 163 Å². The molecule has 1 amide bonds. The van der Waals surface area contributed by atoms with Gasteiger partial charge in [0.25, 0.3) is 5.91 Å². The lowest BCUT2D eigenvalue weighted by atomic mass is 10.0. The largest absolute Gasteiger partial charge is 0.468 e. The Bertz CT molecular complexity index is 1530. The maximum absolute atomic E-state index is 13.1. The van der Waals surface area contributed by atoms with Crippen molar-refractivity contribution in [2.45, 2.75) is 19.4 Å². The summed E-state index contributed by atoms with van der Waals surface area (Å²) in [6, 6.07) is 13.5. The van der Waals surface area contributed by atoms with Gasteiger partial charge in [0.15, 0.2) is 0 Å². The fourth-order valence-electron chi connectivity index (χ4n) is 3.84. The Kier molecular flexibility index (Phi) is 7.76. The molecule has 0 radical (unpaired) electrons. The number of aromatic amines is 1. The van der Waals surface area contributed by atoms with Crippen molar-refractivity contribution in [3.8, 4) is 0 Å². The number of esters is 1. The van der Waals surface area contributed by atoms with Gasteiger partial charge < -0.3 is 20.4 Å². The Labute approximate surface area is 217 Å². The van der Waals surface area contributed by atoms with Gasteiger partial charge in [-0.05, 0) is 37.1 Å². The standard InChI is InChI=1S/C24H25N5O6S2/c1-14-26-20(13-36-14)19(11-15-7-9-16(10-8-15)29-37(32,33)34)28-23-22(24(31)25-12-21(30)35-2)17-5-3-4-6-18(17)27-23/h3-10,13,19,27-29H,11-12H2,1-2H3,(H,25,31)(H,32,33,34)/t19-/m0/s1. The number of fused-ring (bicyclic) bond motifs is 1. The Morgan fingerprint density at radius 1 is 1.16 bits per heavy atom. The van der Waals surface area contributed by atoms with E-state index < -0.39 is 22.2 Å². The molecule has 0 saturated carbocycles. The summed E-state index contributed by atoms with van der Waals surface area (Å²) in [5.41, 5.74) is 2.94. The summed E-state index contributed by atoms with van der Waals surface area (Å²) in [7, 11) is -3.12. The second-order valence-corrected chi connectivity index (χ2v) is 10.4. The van der Waals surface area contributed by atoms with Crippen molar-refractivity contribution in [2.75, 3.05) is 23.7 Å². The first-order chi connectivity index (χ1) is 17.6. The third-order valence-corrected chi connectivity index (χ3v) is 6.79. The average molecular weight is 544 g/mol. The van der Waals surface area contributed by atoms with Crippen LogP contribution in [0.15, 0.2) is 53.9 Å². The molecule has 5 N–H and O–H groups in total. The summed E-state index contributed by atoms with van der Waals surface area (Å²) >= 11 is 1.50. The van der Waals surface area contributed by atoms with Crippen LogP contribution in [0.25, 0.3) is 10.9 Å². The highest BCUT2D eigenvalue weighted by atomic mass is 32.2. The number of hydrogen-bond donors (Lipinski definition) is 5. The number of aryl methyl sites for hydroxylation is 1. The minimum Gasteiger partial charge on any atom is -0.468 e. The number of aromatic nitrogens is 2. The van der Waals surface area contributed by atoms with E-state index in [-0.39, 0.29) is 18.3 Å². The van der Waals surface area contributed by atoms with E-state index in [0.29, 0.717) is 23.2 Å². The molecule has 194 valence electrons. The molecule has 2 aromatic heterocycles. The van der Waals surface area contributed by atoms with E-state index in [1.807, 2.05) is 41.3 Å². The molecule has 0 fully saturated rings. The van der Waals surface area contributed by atoms with Gasteiger partial charge in [0.1, 0.15) is 12.4 Å². The highest BCUT2D eigenvalue weighted by Gasteiger charge is 2.23. The smallest absolute Gasteiger partial charge is 0.357 e. The van der Waals surface area contributed by atoms with E-state index >= 15 is 0 Å². The van der Waals surface area contributed by atoms with Crippen LogP contribution in [-0.4, -0.2) is 48.5 Å². The van der Waals surface area contributed by atoms with Crippen molar-refractivity contribution in [1.82, 2.24) is 15.3 Å². The molecule has 0 unspecified atom stereocenters. The number of carbonyl (C=O) groups excluding carboxylic acids is 2. The molecule has 37 heavy (non-hydrogen) atoms. The molecule has 0 saturated heterocycles. The van der Waals surface area contributed by atoms with Gasteiger partial charge in [0.05, 0.1) is 35.1 Å². The van der Waals surface area contributed by atoms with Crippen LogP contribution in [0, 0.1) is 6.92 Å². The van der Waals surface area contributed by atoms with Crippen molar-refractivity contribution < 1.29 is 27.3 Å². The molecule has 11 nitrogen and oxygen atoms in total. The zero-order valence-corrected chi connectivity index (χ0v) is 21.6. The summed E-state index contributed by atoms with van der Waals surface area (Å²) in [5, 5.41) is 9.50. The second-order valence-electron chi connectivity index (χ2n) is 8.15. The number of hydrogen-bond acceptors (Lipinski definition) is 8. The minimum absolute atomic E-state index is 0.223. The van der Waals surface area contributed by atoms with Gasteiger partial charge in [-0.2, -0.15) is 8.42 Å². The first-order valence-electron chi connectivity index (χ1n) is 11.1. The molecule has 4 aromatic rings. The van der Waals surface area contributed by atoms with Gasteiger partial charge in [-0.25, -0.2) is 4.98 Å². The van der Waals surface area contributed by atoms with Crippen molar-refractivity contribution in [3.63, 3.8) is 0 Å². The van der Waals surface area contributed by atoms with Crippen molar-refractivity contribution >= 4 is 55.9 Å². The third kappa shape index (κ3) is 6.64. The zero-order chi connectivity index (χ0) is 26.6. The molecule has 0 aliphatic heterocycles. The number of anilines is 2. The van der Waals surface area contributed by atoms with Crippen molar-refractivity contribution in [3.05, 3.63) is 75.7 Å². The van der Waals surface area contributed by atoms with Gasteiger partial charge in [-0.15, -0.1) is 11.3 Å². The van der Waals surface area contributed by atoms with Crippen LogP contribution < -0.4 is 15.4 Å². The Hall–Kier alpha value is -3.94. The third-order valence-electron chi connectivity index (χ3n) is 5.51. The molecular weight excluding hydrogens is 518 g/mol. The number of benzene rings is 2. The molecule has 0 aliphatic carbocycles. The fraction of sp³-hybridized carbons (Fsp3) is 0.208. The number of methoxy groups -OCH3 is 1. The lowest BCUT2D eigenvalue weighted by Gasteiger charge is -2.19. The number of nitrogens with zero attached hydrogens (tertiary/aromatic N) is 1. The summed E-state index contributed by atoms with van der Waals surface area (Å²) in [4.78, 5) is 32.6. The van der Waals surface area contributed by atoms with Gasteiger partial charge in [0, 0.05) is 16.3 Å². The fourth-order valence-corrected chi connectivity index (χ4v) is 4.94. The SMILES string of the molecule is COC(=O)CNC(=O)c1c(N[C@@H](Cc2ccc(NS(=O)(=O)O)cc2)c2csc(C)n2)[nH]c2ccccc12. The highest BCUT2D eigenvalue weighted by molar-refractivity contribution is 7.87. The maximum atomic E-state index is 13.1. The minimum atomic E-state index is -4.37. The van der Waals surface area contributed by atoms with Crippen molar-refractivity contribution in [1.29, 1.82) is 0 Å². The quantitative estimate of drug-likeness (QED) is 0.150. The Balaban J connectivity index is 1.66. The van der Waals surface area contributed by atoms with Crippen LogP contribution in [0.3, 0.4) is 0 Å². The van der Waals surface area contributed by atoms with E-state index in [0.717, 1.165) is 21.8 Å². The van der Waals surface area contributed by atoms with Gasteiger partial charge in [-0.3, -0.25) is 18.9 Å². The van der Waals surface area contributed by atoms with Gasteiger partial charge in [0.2, 0.25) is 0 Å². The van der Waals surface area contributed by atoms with Crippen LogP contribution in [0.2, 0.25) is 0 Å². The van der Waals surface area contributed by atoms with Crippen LogP contribution in [-0.2, 0) is 26.3 Å². The van der Waals surface area contributed by atoms with E-state index in [1.165, 1.54) is 18.4 Å². The number of rotatable bonds is 10. The van der Waals surface area contributed by atoms with E-state index in [4.69, 9.17) is 4.55 Å². The molecule has 0 spiro atoms. The second kappa shape index (κ2) is 11.0. The predicted octanol–water partition coefficient (Wildman–Crippen LogP) is 3.45. The average Bonchev–Trinajstić information content (AvgIpc) is 3.45. The number of H-pyrrole nitrogens is 1. The molecule has 4 rings (SSSR count). The predicted molar refractivity (Wildman–Crippen MR) is 141 cm³/mol. The number of ether oxygens (including phenoxy) is 1. The zero-order valence-electron chi connectivity index (χ0n) is 19.9. The molecule has 13 heteroatoms. The molecular formula is C24H25N5O6S2. The number of para-hydroxylation sites is 1. The summed E-state index contributed by atoms with van der Waals surface area (Å²) in [6.45, 7) is 1.63. The Morgan fingerprint density at radius 3 is 2.54 bits per heavy atom. The maximum Gasteiger partial charge on any atom is 0.357 e. The normalized spacial score (nSPS) is 12.2. The number of carbonyl (C=O) groups is 2.